The van der Waals surface area contributed by atoms with Crippen LogP contribution in [-0.4, -0.2) is 19.6 Å². The maximum atomic E-state index is 5.02. The minimum Gasteiger partial charge on any atom is -0.472 e. The molecule has 0 spiro atoms. The fourth-order valence-electron chi connectivity index (χ4n) is 2.31. The molecular weight excluding hydrogens is 200 g/mol. The highest BCUT2D eigenvalue weighted by Crippen LogP contribution is 2.17. The Hall–Kier alpha value is -0.800. The second-order valence-electron chi connectivity index (χ2n) is 4.64. The zero-order valence-corrected chi connectivity index (χ0v) is 9.87. The largest absolute Gasteiger partial charge is 0.472 e. The summed E-state index contributed by atoms with van der Waals surface area (Å²) in [5.74, 6) is 0.956. The highest BCUT2D eigenvalue weighted by Gasteiger charge is 2.11. The zero-order chi connectivity index (χ0) is 11.1. The Bertz CT molecular complexity index is 265. The van der Waals surface area contributed by atoms with E-state index in [1.807, 2.05) is 6.07 Å². The highest BCUT2D eigenvalue weighted by atomic mass is 16.3. The van der Waals surface area contributed by atoms with Crippen molar-refractivity contribution in [2.24, 2.45) is 5.92 Å². The number of piperidine rings is 1. The van der Waals surface area contributed by atoms with E-state index in [1.54, 1.807) is 12.5 Å². The number of rotatable bonds is 6. The fourth-order valence-corrected chi connectivity index (χ4v) is 2.31. The molecule has 0 aromatic carbocycles. The number of hydrogen-bond donors (Lipinski definition) is 2. The summed E-state index contributed by atoms with van der Waals surface area (Å²) in [6.45, 7) is 4.48. The van der Waals surface area contributed by atoms with Gasteiger partial charge in [-0.3, -0.25) is 0 Å². The molecule has 1 aromatic rings. The van der Waals surface area contributed by atoms with E-state index in [-0.39, 0.29) is 0 Å². The lowest BCUT2D eigenvalue weighted by molar-refractivity contribution is 0.344. The summed E-state index contributed by atoms with van der Waals surface area (Å²) in [6, 6.07) is 2.01. The molecule has 2 N–H and O–H groups in total. The van der Waals surface area contributed by atoms with Gasteiger partial charge in [-0.2, -0.15) is 0 Å². The maximum absolute atomic E-state index is 5.02. The Morgan fingerprint density at radius 1 is 1.38 bits per heavy atom. The summed E-state index contributed by atoms with van der Waals surface area (Å²) in [5, 5.41) is 6.86. The molecule has 1 saturated heterocycles. The van der Waals surface area contributed by atoms with Crippen LogP contribution in [0.15, 0.2) is 23.0 Å². The van der Waals surface area contributed by atoms with Crippen molar-refractivity contribution in [1.29, 1.82) is 0 Å². The van der Waals surface area contributed by atoms with Crippen LogP contribution in [0, 0.1) is 5.92 Å². The molecule has 3 nitrogen and oxygen atoms in total. The van der Waals surface area contributed by atoms with Crippen molar-refractivity contribution in [3.8, 4) is 0 Å². The molecule has 0 atom stereocenters. The van der Waals surface area contributed by atoms with Crippen molar-refractivity contribution in [2.75, 3.05) is 19.6 Å². The van der Waals surface area contributed by atoms with Crippen molar-refractivity contribution in [3.05, 3.63) is 24.2 Å². The molecule has 2 rings (SSSR count). The molecule has 1 fully saturated rings. The summed E-state index contributed by atoms with van der Waals surface area (Å²) in [5.41, 5.74) is 1.24. The third kappa shape index (κ3) is 3.99. The lowest BCUT2D eigenvalue weighted by Crippen LogP contribution is -2.28. The summed E-state index contributed by atoms with van der Waals surface area (Å²) in [6.07, 6.45) is 8.93. The van der Waals surface area contributed by atoms with E-state index in [0.717, 1.165) is 19.0 Å². The fraction of sp³-hybridized carbons (Fsp3) is 0.692. The van der Waals surface area contributed by atoms with Gasteiger partial charge in [-0.15, -0.1) is 0 Å². The predicted octanol–water partition coefficient (Wildman–Crippen LogP) is 2.15. The zero-order valence-electron chi connectivity index (χ0n) is 9.87. The average molecular weight is 222 g/mol. The van der Waals surface area contributed by atoms with Gasteiger partial charge in [-0.25, -0.2) is 0 Å². The van der Waals surface area contributed by atoms with Crippen LogP contribution in [0.1, 0.15) is 31.2 Å². The van der Waals surface area contributed by atoms with Crippen molar-refractivity contribution >= 4 is 0 Å². The molecular formula is C13H22N2O. The highest BCUT2D eigenvalue weighted by molar-refractivity contribution is 5.04. The summed E-state index contributed by atoms with van der Waals surface area (Å²) in [4.78, 5) is 0. The van der Waals surface area contributed by atoms with E-state index < -0.39 is 0 Å². The van der Waals surface area contributed by atoms with Gasteiger partial charge in [0, 0.05) is 12.1 Å². The molecule has 1 aliphatic heterocycles. The molecule has 3 heteroatoms. The Morgan fingerprint density at radius 2 is 2.25 bits per heavy atom. The van der Waals surface area contributed by atoms with Crippen molar-refractivity contribution in [3.63, 3.8) is 0 Å². The van der Waals surface area contributed by atoms with Gasteiger partial charge in [0.15, 0.2) is 0 Å². The van der Waals surface area contributed by atoms with Gasteiger partial charge in [0.05, 0.1) is 12.5 Å². The molecule has 0 amide bonds. The lowest BCUT2D eigenvalue weighted by Gasteiger charge is -2.22. The van der Waals surface area contributed by atoms with Crippen LogP contribution >= 0.6 is 0 Å². The van der Waals surface area contributed by atoms with Crippen LogP contribution in [0.5, 0.6) is 0 Å². The first kappa shape index (κ1) is 11.7. The minimum atomic E-state index is 0.933. The minimum absolute atomic E-state index is 0.933. The molecule has 0 aliphatic carbocycles. The van der Waals surface area contributed by atoms with Crippen LogP contribution in [0.25, 0.3) is 0 Å². The predicted molar refractivity (Wildman–Crippen MR) is 65.2 cm³/mol. The molecule has 1 aromatic heterocycles. The van der Waals surface area contributed by atoms with Gasteiger partial charge in [0.2, 0.25) is 0 Å². The SMILES string of the molecule is c1cc(CNCCCC2CCNCC2)co1. The van der Waals surface area contributed by atoms with E-state index in [1.165, 1.54) is 44.3 Å². The topological polar surface area (TPSA) is 37.2 Å². The molecule has 0 unspecified atom stereocenters. The maximum Gasteiger partial charge on any atom is 0.0947 e. The molecule has 1 aliphatic rings. The van der Waals surface area contributed by atoms with Gasteiger partial charge in [-0.1, -0.05) is 0 Å². The Kier molecular flexibility index (Phi) is 4.90. The Labute approximate surface area is 97.6 Å². The third-order valence-electron chi connectivity index (χ3n) is 3.33. The molecule has 2 heterocycles. The molecule has 0 saturated carbocycles. The lowest BCUT2D eigenvalue weighted by atomic mass is 9.93. The van der Waals surface area contributed by atoms with E-state index >= 15 is 0 Å². The third-order valence-corrected chi connectivity index (χ3v) is 3.33. The van der Waals surface area contributed by atoms with Crippen LogP contribution in [0.4, 0.5) is 0 Å². The number of nitrogens with one attached hydrogen (secondary N) is 2. The Morgan fingerprint density at radius 3 is 3.00 bits per heavy atom. The van der Waals surface area contributed by atoms with Crippen LogP contribution < -0.4 is 10.6 Å². The Balaban J connectivity index is 1.48. The summed E-state index contributed by atoms with van der Waals surface area (Å²) in [7, 11) is 0. The molecule has 0 bridgehead atoms. The number of furan rings is 1. The first-order chi connectivity index (χ1) is 7.95. The second-order valence-corrected chi connectivity index (χ2v) is 4.64. The van der Waals surface area contributed by atoms with Crippen molar-refractivity contribution < 1.29 is 4.42 Å². The standard InChI is InChI=1S/C13H22N2O/c1(2-12-3-7-14-8-4-12)6-15-10-13-5-9-16-11-13/h5,9,11-12,14-15H,1-4,6-8,10H2. The van der Waals surface area contributed by atoms with Gasteiger partial charge < -0.3 is 15.1 Å². The quantitative estimate of drug-likeness (QED) is 0.724. The van der Waals surface area contributed by atoms with Gasteiger partial charge in [0.1, 0.15) is 0 Å². The normalized spacial score (nSPS) is 17.8. The van der Waals surface area contributed by atoms with Gasteiger partial charge in [0.25, 0.3) is 0 Å². The summed E-state index contributed by atoms with van der Waals surface area (Å²) >= 11 is 0. The van der Waals surface area contributed by atoms with E-state index in [4.69, 9.17) is 4.42 Å². The van der Waals surface area contributed by atoms with Gasteiger partial charge in [-0.05, 0) is 57.3 Å². The first-order valence-electron chi connectivity index (χ1n) is 6.37. The van der Waals surface area contributed by atoms with E-state index in [2.05, 4.69) is 10.6 Å². The number of hydrogen-bond acceptors (Lipinski definition) is 3. The smallest absolute Gasteiger partial charge is 0.0947 e. The average Bonchev–Trinajstić information content (AvgIpc) is 2.83. The molecule has 90 valence electrons. The van der Waals surface area contributed by atoms with Crippen LogP contribution in [0.3, 0.4) is 0 Å². The van der Waals surface area contributed by atoms with Gasteiger partial charge >= 0.3 is 0 Å². The monoisotopic (exact) mass is 222 g/mol. The van der Waals surface area contributed by atoms with Crippen molar-refractivity contribution in [2.45, 2.75) is 32.2 Å². The van der Waals surface area contributed by atoms with E-state index in [0.29, 0.717) is 0 Å². The van der Waals surface area contributed by atoms with Crippen LogP contribution in [0.2, 0.25) is 0 Å². The van der Waals surface area contributed by atoms with Crippen LogP contribution in [-0.2, 0) is 6.54 Å². The summed E-state index contributed by atoms with van der Waals surface area (Å²) < 4.78 is 5.02. The van der Waals surface area contributed by atoms with E-state index in [9.17, 15) is 0 Å². The van der Waals surface area contributed by atoms with Crippen molar-refractivity contribution in [1.82, 2.24) is 10.6 Å². The molecule has 0 radical (unpaired) electrons. The second kappa shape index (κ2) is 6.71. The molecule has 16 heavy (non-hydrogen) atoms. The first-order valence-corrected chi connectivity index (χ1v) is 6.37.